The van der Waals surface area contributed by atoms with E-state index in [0.717, 1.165) is 26.2 Å². The second-order valence-corrected chi connectivity index (χ2v) is 6.23. The van der Waals surface area contributed by atoms with Crippen LogP contribution in [0.4, 0.5) is 0 Å². The van der Waals surface area contributed by atoms with Crippen molar-refractivity contribution in [1.82, 2.24) is 9.80 Å². The maximum Gasteiger partial charge on any atom is 0.0702 e. The lowest BCUT2D eigenvalue weighted by atomic mass is 9.88. The van der Waals surface area contributed by atoms with E-state index in [0.29, 0.717) is 6.10 Å². The topological polar surface area (TPSA) is 41.7 Å². The molecule has 112 valence electrons. The summed E-state index contributed by atoms with van der Waals surface area (Å²) < 4.78 is 5.78. The van der Waals surface area contributed by atoms with E-state index < -0.39 is 0 Å². The Bertz CT molecular complexity index is 268. The molecule has 0 amide bonds. The van der Waals surface area contributed by atoms with Crippen LogP contribution < -0.4 is 5.73 Å². The average Bonchev–Trinajstić information content (AvgIpc) is 2.83. The fraction of sp³-hybridized carbons (Fsp3) is 1.00. The van der Waals surface area contributed by atoms with Gasteiger partial charge in [-0.25, -0.2) is 0 Å². The minimum Gasteiger partial charge on any atom is -0.377 e. The van der Waals surface area contributed by atoms with Crippen LogP contribution in [-0.2, 0) is 4.74 Å². The smallest absolute Gasteiger partial charge is 0.0702 e. The van der Waals surface area contributed by atoms with E-state index >= 15 is 0 Å². The SMILES string of the molecule is CCN1CCCC(CN)(N(C)CC2CCCO2)CC1. The summed E-state index contributed by atoms with van der Waals surface area (Å²) in [4.78, 5) is 5.06. The third kappa shape index (κ3) is 3.69. The molecule has 2 fully saturated rings. The molecule has 0 aromatic heterocycles. The van der Waals surface area contributed by atoms with Crippen LogP contribution in [0.25, 0.3) is 0 Å². The monoisotopic (exact) mass is 269 g/mol. The molecule has 0 saturated carbocycles. The minimum atomic E-state index is 0.190. The first-order chi connectivity index (χ1) is 9.20. The van der Waals surface area contributed by atoms with Crippen LogP contribution in [0.1, 0.15) is 39.0 Å². The summed E-state index contributed by atoms with van der Waals surface area (Å²) in [7, 11) is 2.25. The summed E-state index contributed by atoms with van der Waals surface area (Å²) in [5, 5.41) is 0. The average molecular weight is 269 g/mol. The van der Waals surface area contributed by atoms with E-state index in [1.54, 1.807) is 0 Å². The molecule has 0 aromatic carbocycles. The zero-order chi connectivity index (χ0) is 13.7. The van der Waals surface area contributed by atoms with Gasteiger partial charge < -0.3 is 15.4 Å². The van der Waals surface area contributed by atoms with Gasteiger partial charge in [-0.2, -0.15) is 0 Å². The molecule has 2 aliphatic heterocycles. The molecule has 4 heteroatoms. The molecular weight excluding hydrogens is 238 g/mol. The lowest BCUT2D eigenvalue weighted by Crippen LogP contribution is -2.54. The Morgan fingerprint density at radius 2 is 2.16 bits per heavy atom. The van der Waals surface area contributed by atoms with E-state index in [-0.39, 0.29) is 5.54 Å². The fourth-order valence-electron chi connectivity index (χ4n) is 3.58. The second-order valence-electron chi connectivity index (χ2n) is 6.23. The van der Waals surface area contributed by atoms with Crippen molar-refractivity contribution in [3.05, 3.63) is 0 Å². The quantitative estimate of drug-likeness (QED) is 0.817. The van der Waals surface area contributed by atoms with E-state index in [4.69, 9.17) is 10.5 Å². The Balaban J connectivity index is 1.95. The summed E-state index contributed by atoms with van der Waals surface area (Å²) >= 11 is 0. The highest BCUT2D eigenvalue weighted by atomic mass is 16.5. The van der Waals surface area contributed by atoms with Crippen LogP contribution in [0.15, 0.2) is 0 Å². The molecule has 0 bridgehead atoms. The summed E-state index contributed by atoms with van der Waals surface area (Å²) in [6.07, 6.45) is 6.55. The molecule has 2 N–H and O–H groups in total. The van der Waals surface area contributed by atoms with E-state index in [2.05, 4.69) is 23.8 Å². The van der Waals surface area contributed by atoms with Gasteiger partial charge in [-0.1, -0.05) is 6.92 Å². The van der Waals surface area contributed by atoms with Crippen LogP contribution in [0.5, 0.6) is 0 Å². The number of nitrogens with zero attached hydrogens (tertiary/aromatic N) is 2. The number of likely N-dealkylation sites (N-methyl/N-ethyl adjacent to an activating group) is 1. The number of rotatable bonds is 5. The molecule has 2 saturated heterocycles. The van der Waals surface area contributed by atoms with Gasteiger partial charge in [0, 0.05) is 25.2 Å². The first-order valence-corrected chi connectivity index (χ1v) is 7.95. The van der Waals surface area contributed by atoms with Crippen molar-refractivity contribution in [3.8, 4) is 0 Å². The van der Waals surface area contributed by atoms with Crippen molar-refractivity contribution < 1.29 is 4.74 Å². The number of nitrogens with two attached hydrogens (primary N) is 1. The van der Waals surface area contributed by atoms with Gasteiger partial charge >= 0.3 is 0 Å². The Morgan fingerprint density at radius 3 is 2.79 bits per heavy atom. The maximum atomic E-state index is 6.17. The molecule has 0 aromatic rings. The molecule has 0 radical (unpaired) electrons. The number of hydrogen-bond acceptors (Lipinski definition) is 4. The first kappa shape index (κ1) is 15.2. The van der Waals surface area contributed by atoms with Crippen LogP contribution in [0.2, 0.25) is 0 Å². The van der Waals surface area contributed by atoms with Gasteiger partial charge in [-0.05, 0) is 58.8 Å². The highest BCUT2D eigenvalue weighted by Gasteiger charge is 2.36. The minimum absolute atomic E-state index is 0.190. The molecule has 19 heavy (non-hydrogen) atoms. The predicted octanol–water partition coefficient (Wildman–Crippen LogP) is 1.30. The number of ether oxygens (including phenoxy) is 1. The fourth-order valence-corrected chi connectivity index (χ4v) is 3.58. The van der Waals surface area contributed by atoms with Crippen molar-refractivity contribution in [1.29, 1.82) is 0 Å². The highest BCUT2D eigenvalue weighted by molar-refractivity contribution is 4.94. The summed E-state index contributed by atoms with van der Waals surface area (Å²) in [5.41, 5.74) is 6.36. The molecule has 0 aliphatic carbocycles. The third-order valence-electron chi connectivity index (χ3n) is 5.15. The summed E-state index contributed by atoms with van der Waals surface area (Å²) in [5.74, 6) is 0. The zero-order valence-corrected chi connectivity index (χ0v) is 12.7. The van der Waals surface area contributed by atoms with Crippen molar-refractivity contribution in [2.24, 2.45) is 5.73 Å². The van der Waals surface area contributed by atoms with Gasteiger partial charge in [0.05, 0.1) is 6.10 Å². The Hall–Kier alpha value is -0.160. The molecule has 2 aliphatic rings. The predicted molar refractivity (Wildman–Crippen MR) is 79.4 cm³/mol. The summed E-state index contributed by atoms with van der Waals surface area (Å²) in [6, 6.07) is 0. The molecule has 4 nitrogen and oxygen atoms in total. The van der Waals surface area contributed by atoms with Gasteiger partial charge in [-0.15, -0.1) is 0 Å². The first-order valence-electron chi connectivity index (χ1n) is 7.95. The van der Waals surface area contributed by atoms with Gasteiger partial charge in [-0.3, -0.25) is 4.90 Å². The molecule has 2 rings (SSSR count). The number of hydrogen-bond donors (Lipinski definition) is 1. The molecular formula is C15H31N3O. The van der Waals surface area contributed by atoms with Crippen molar-refractivity contribution >= 4 is 0 Å². The van der Waals surface area contributed by atoms with Gasteiger partial charge in [0.1, 0.15) is 0 Å². The van der Waals surface area contributed by atoms with Gasteiger partial charge in [0.2, 0.25) is 0 Å². The largest absolute Gasteiger partial charge is 0.377 e. The Labute approximate surface area is 118 Å². The van der Waals surface area contributed by atoms with Crippen LogP contribution >= 0.6 is 0 Å². The van der Waals surface area contributed by atoms with E-state index in [9.17, 15) is 0 Å². The van der Waals surface area contributed by atoms with Crippen molar-refractivity contribution in [2.45, 2.75) is 50.7 Å². The highest BCUT2D eigenvalue weighted by Crippen LogP contribution is 2.28. The Morgan fingerprint density at radius 1 is 1.32 bits per heavy atom. The van der Waals surface area contributed by atoms with Crippen LogP contribution in [0, 0.1) is 0 Å². The van der Waals surface area contributed by atoms with Gasteiger partial charge in [0.25, 0.3) is 0 Å². The molecule has 2 unspecified atom stereocenters. The molecule has 2 heterocycles. The number of likely N-dealkylation sites (tertiary alicyclic amines) is 1. The van der Waals surface area contributed by atoms with Gasteiger partial charge in [0.15, 0.2) is 0 Å². The zero-order valence-electron chi connectivity index (χ0n) is 12.7. The third-order valence-corrected chi connectivity index (χ3v) is 5.15. The second kappa shape index (κ2) is 7.02. The standard InChI is InChI=1S/C15H31N3O/c1-3-18-9-5-7-15(13-16,8-10-18)17(2)12-14-6-4-11-19-14/h14H,3-13,16H2,1-2H3. The lowest BCUT2D eigenvalue weighted by molar-refractivity contribution is 0.0305. The Kier molecular flexibility index (Phi) is 5.63. The maximum absolute atomic E-state index is 6.17. The molecule has 0 spiro atoms. The van der Waals surface area contributed by atoms with E-state index in [1.807, 2.05) is 0 Å². The van der Waals surface area contributed by atoms with Crippen LogP contribution in [-0.4, -0.2) is 67.8 Å². The summed E-state index contributed by atoms with van der Waals surface area (Å²) in [6.45, 7) is 8.59. The molecule has 2 atom stereocenters. The van der Waals surface area contributed by atoms with Crippen molar-refractivity contribution in [2.75, 3.05) is 46.4 Å². The van der Waals surface area contributed by atoms with Crippen molar-refractivity contribution in [3.63, 3.8) is 0 Å². The lowest BCUT2D eigenvalue weighted by Gasteiger charge is -2.42. The van der Waals surface area contributed by atoms with Crippen LogP contribution in [0.3, 0.4) is 0 Å². The normalized spacial score (nSPS) is 33.8. The van der Waals surface area contributed by atoms with E-state index in [1.165, 1.54) is 45.2 Å².